The number of nitrogens with one attached hydrogen (secondary N) is 1. The van der Waals surface area contributed by atoms with Gasteiger partial charge in [0.1, 0.15) is 12.4 Å². The normalized spacial score (nSPS) is 19.7. The molecule has 1 aliphatic heterocycles. The van der Waals surface area contributed by atoms with Crippen LogP contribution in [-0.2, 0) is 0 Å². The third-order valence-electron chi connectivity index (χ3n) is 11.3. The summed E-state index contributed by atoms with van der Waals surface area (Å²) < 4.78 is 5.87. The third kappa shape index (κ3) is 12.0. The van der Waals surface area contributed by atoms with Crippen LogP contribution in [0, 0.1) is 17.8 Å². The lowest BCUT2D eigenvalue weighted by Gasteiger charge is -2.40. The van der Waals surface area contributed by atoms with Crippen molar-refractivity contribution in [3.05, 3.63) is 102 Å². The molecule has 2 aliphatic carbocycles. The van der Waals surface area contributed by atoms with Crippen molar-refractivity contribution in [1.29, 1.82) is 0 Å². The zero-order valence-corrected chi connectivity index (χ0v) is 31.3. The maximum Gasteiger partial charge on any atom is 0.119 e. The molecular formula is C45H63ClN2O. The van der Waals surface area contributed by atoms with E-state index in [1.54, 1.807) is 25.7 Å². The Labute approximate surface area is 303 Å². The number of halogens is 1. The number of alkyl halides is 1. The van der Waals surface area contributed by atoms with Crippen molar-refractivity contribution in [1.82, 2.24) is 10.2 Å². The van der Waals surface area contributed by atoms with Gasteiger partial charge in [0.25, 0.3) is 0 Å². The Balaban J connectivity index is 0.000000204. The lowest BCUT2D eigenvalue weighted by molar-refractivity contribution is 0.118. The molecule has 0 amide bonds. The van der Waals surface area contributed by atoms with Crippen LogP contribution >= 0.6 is 11.6 Å². The van der Waals surface area contributed by atoms with Gasteiger partial charge in [0.2, 0.25) is 0 Å². The smallest absolute Gasteiger partial charge is 0.119 e. The fraction of sp³-hybridized carbons (Fsp3) is 0.556. The van der Waals surface area contributed by atoms with E-state index in [-0.39, 0.29) is 0 Å². The van der Waals surface area contributed by atoms with Crippen LogP contribution < -0.4 is 10.1 Å². The van der Waals surface area contributed by atoms with Crippen molar-refractivity contribution in [2.45, 2.75) is 102 Å². The molecular weight excluding hydrogens is 620 g/mol. The van der Waals surface area contributed by atoms with Crippen LogP contribution in [0.2, 0.25) is 0 Å². The molecule has 0 aromatic heterocycles. The summed E-state index contributed by atoms with van der Waals surface area (Å²) in [6.07, 6.45) is 21.9. The highest BCUT2D eigenvalue weighted by molar-refractivity contribution is 6.18. The Kier molecular flexibility index (Phi) is 16.1. The number of piperidine rings is 1. The Morgan fingerprint density at radius 2 is 1.24 bits per heavy atom. The molecule has 4 heteroatoms. The molecule has 1 saturated heterocycles. The van der Waals surface area contributed by atoms with Gasteiger partial charge in [-0.15, -0.1) is 11.6 Å². The average Bonchev–Trinajstić information content (AvgIpc) is 3.16. The summed E-state index contributed by atoms with van der Waals surface area (Å²) in [6, 6.07) is 30.3. The van der Waals surface area contributed by atoms with E-state index in [0.717, 1.165) is 42.5 Å². The third-order valence-corrected chi connectivity index (χ3v) is 11.4. The molecule has 1 atom stereocenters. The van der Waals surface area contributed by atoms with Crippen molar-refractivity contribution in [3.8, 4) is 5.75 Å². The highest BCUT2D eigenvalue weighted by Gasteiger charge is 2.33. The Bertz CT molecular complexity index is 1320. The van der Waals surface area contributed by atoms with Crippen LogP contribution in [0.15, 0.2) is 84.9 Å². The number of nitrogens with zero attached hydrogens (tertiary/aromatic N) is 1. The lowest BCUT2D eigenvalue weighted by Crippen LogP contribution is -2.39. The first kappa shape index (κ1) is 37.7. The van der Waals surface area contributed by atoms with E-state index in [4.69, 9.17) is 16.3 Å². The van der Waals surface area contributed by atoms with E-state index in [1.807, 2.05) is 26.2 Å². The number of allylic oxidation sites excluding steroid dienone is 1. The molecule has 3 aromatic carbocycles. The van der Waals surface area contributed by atoms with E-state index in [2.05, 4.69) is 83.0 Å². The first-order chi connectivity index (χ1) is 24.1. The Morgan fingerprint density at radius 1 is 0.694 bits per heavy atom. The molecule has 0 spiro atoms. The van der Waals surface area contributed by atoms with Gasteiger partial charge in [-0.05, 0) is 104 Å². The van der Waals surface area contributed by atoms with Crippen LogP contribution in [-0.4, -0.2) is 50.6 Å². The number of benzene rings is 3. The van der Waals surface area contributed by atoms with Crippen molar-refractivity contribution >= 4 is 22.7 Å². The minimum Gasteiger partial charge on any atom is -0.492 e. The van der Waals surface area contributed by atoms with Gasteiger partial charge in [0, 0.05) is 18.5 Å². The molecule has 1 N–H and O–H groups in total. The summed E-state index contributed by atoms with van der Waals surface area (Å²) in [4.78, 5) is 2.11. The standard InChI is InChI=1S/C26H28ClNO.C19H35N/c1-28(2)19-20-29-24-15-13-23(14-16-24)26(22-11-7-4-8-12-22)25(17-18-27)21-9-5-3-6-10-21;1-3-9-16(10-4-1)19(17-11-5-2-6-12-17)15-18-13-7-8-14-20-18/h3-16H,17-20H2,1-2H3;16-20H,1-15H2/b26-25-;. The minimum atomic E-state index is 0.576. The molecule has 49 heavy (non-hydrogen) atoms. The predicted molar refractivity (Wildman–Crippen MR) is 212 cm³/mol. The lowest BCUT2D eigenvalue weighted by atomic mass is 9.67. The van der Waals surface area contributed by atoms with Gasteiger partial charge in [-0.1, -0.05) is 143 Å². The molecule has 266 valence electrons. The maximum absolute atomic E-state index is 6.21. The second-order valence-electron chi connectivity index (χ2n) is 15.0. The molecule has 6 rings (SSSR count). The van der Waals surface area contributed by atoms with Crippen LogP contribution in [0.4, 0.5) is 0 Å². The largest absolute Gasteiger partial charge is 0.492 e. The molecule has 2 saturated carbocycles. The van der Waals surface area contributed by atoms with Gasteiger partial charge < -0.3 is 15.0 Å². The molecule has 3 aromatic rings. The SMILES string of the molecule is C1CCC(C(CC2CCCCN2)C2CCCCC2)CC1.CN(C)CCOc1ccc(/C(=C(/CCCl)c2ccccc2)c2ccccc2)cc1. The summed E-state index contributed by atoms with van der Waals surface area (Å²) >= 11 is 6.21. The van der Waals surface area contributed by atoms with Gasteiger partial charge in [-0.2, -0.15) is 0 Å². The highest BCUT2D eigenvalue weighted by Crippen LogP contribution is 2.43. The van der Waals surface area contributed by atoms with Gasteiger partial charge >= 0.3 is 0 Å². The summed E-state index contributed by atoms with van der Waals surface area (Å²) in [5, 5.41) is 3.83. The number of ether oxygens (including phenoxy) is 1. The molecule has 1 unspecified atom stereocenters. The monoisotopic (exact) mass is 682 g/mol. The van der Waals surface area contributed by atoms with Crippen LogP contribution in [0.5, 0.6) is 5.75 Å². The minimum absolute atomic E-state index is 0.576. The molecule has 0 bridgehead atoms. The predicted octanol–water partition coefficient (Wildman–Crippen LogP) is 11.5. The van der Waals surface area contributed by atoms with Crippen molar-refractivity contribution in [3.63, 3.8) is 0 Å². The highest BCUT2D eigenvalue weighted by atomic mass is 35.5. The van der Waals surface area contributed by atoms with E-state index < -0.39 is 0 Å². The Morgan fingerprint density at radius 3 is 1.78 bits per heavy atom. The molecule has 1 heterocycles. The average molecular weight is 683 g/mol. The van der Waals surface area contributed by atoms with Crippen molar-refractivity contribution in [2.24, 2.45) is 17.8 Å². The zero-order chi connectivity index (χ0) is 34.1. The fourth-order valence-electron chi connectivity index (χ4n) is 8.68. The van der Waals surface area contributed by atoms with Gasteiger partial charge in [-0.25, -0.2) is 0 Å². The van der Waals surface area contributed by atoms with Gasteiger partial charge in [0.15, 0.2) is 0 Å². The van der Waals surface area contributed by atoms with E-state index >= 15 is 0 Å². The van der Waals surface area contributed by atoms with E-state index in [0.29, 0.717) is 12.5 Å². The number of likely N-dealkylation sites (N-methyl/N-ethyl adjacent to an activating group) is 1. The van der Waals surface area contributed by atoms with Crippen LogP contribution in [0.3, 0.4) is 0 Å². The molecule has 3 nitrogen and oxygen atoms in total. The number of hydrogen-bond acceptors (Lipinski definition) is 3. The molecule has 3 aliphatic rings. The quantitative estimate of drug-likeness (QED) is 0.143. The fourth-order valence-corrected chi connectivity index (χ4v) is 8.87. The number of rotatable bonds is 13. The summed E-state index contributed by atoms with van der Waals surface area (Å²) in [5.74, 6) is 4.69. The second-order valence-corrected chi connectivity index (χ2v) is 15.4. The molecule has 3 fully saturated rings. The topological polar surface area (TPSA) is 24.5 Å². The summed E-state index contributed by atoms with van der Waals surface area (Å²) in [7, 11) is 4.09. The summed E-state index contributed by atoms with van der Waals surface area (Å²) in [5.41, 5.74) is 6.04. The van der Waals surface area contributed by atoms with E-state index in [1.165, 1.54) is 98.6 Å². The first-order valence-corrected chi connectivity index (χ1v) is 20.2. The van der Waals surface area contributed by atoms with Crippen LogP contribution in [0.1, 0.15) is 113 Å². The maximum atomic E-state index is 6.21. The van der Waals surface area contributed by atoms with E-state index in [9.17, 15) is 0 Å². The number of hydrogen-bond donors (Lipinski definition) is 1. The van der Waals surface area contributed by atoms with Gasteiger partial charge in [0.05, 0.1) is 0 Å². The first-order valence-electron chi connectivity index (χ1n) is 19.6. The van der Waals surface area contributed by atoms with Crippen molar-refractivity contribution in [2.75, 3.05) is 39.7 Å². The van der Waals surface area contributed by atoms with Crippen LogP contribution in [0.25, 0.3) is 11.1 Å². The molecule has 0 radical (unpaired) electrons. The zero-order valence-electron chi connectivity index (χ0n) is 30.6. The second kappa shape index (κ2) is 20.9. The van der Waals surface area contributed by atoms with Gasteiger partial charge in [-0.3, -0.25) is 0 Å². The van der Waals surface area contributed by atoms with Crippen molar-refractivity contribution < 1.29 is 4.74 Å². The summed E-state index contributed by atoms with van der Waals surface area (Å²) in [6.45, 7) is 2.85. The Hall–Kier alpha value is -2.59.